The van der Waals surface area contributed by atoms with Gasteiger partial charge in [0, 0.05) is 12.6 Å². The van der Waals surface area contributed by atoms with Crippen molar-refractivity contribution in [1.82, 2.24) is 9.55 Å². The fourth-order valence-electron chi connectivity index (χ4n) is 1.48. The lowest BCUT2D eigenvalue weighted by Gasteiger charge is -2.14. The van der Waals surface area contributed by atoms with Crippen molar-refractivity contribution in [2.24, 2.45) is 0 Å². The van der Waals surface area contributed by atoms with Crippen LogP contribution in [0.4, 0.5) is 10.2 Å². The third-order valence-electron chi connectivity index (χ3n) is 2.43. The topological polar surface area (TPSA) is 101 Å². The molecule has 0 bridgehead atoms. The first kappa shape index (κ1) is 14.9. The summed E-state index contributed by atoms with van der Waals surface area (Å²) >= 11 is 0. The number of hydrogen-bond acceptors (Lipinski definition) is 5. The molecule has 1 heterocycles. The smallest absolute Gasteiger partial charge is 0.350 e. The number of nitrogens with two attached hydrogens (primary N) is 1. The highest BCUT2D eigenvalue weighted by atomic mass is 19.1. The van der Waals surface area contributed by atoms with Crippen LogP contribution in [-0.2, 0) is 0 Å². The zero-order valence-corrected chi connectivity index (χ0v) is 10.5. The van der Waals surface area contributed by atoms with Gasteiger partial charge in [-0.2, -0.15) is 4.98 Å². The van der Waals surface area contributed by atoms with Gasteiger partial charge in [0.2, 0.25) is 0 Å². The monoisotopic (exact) mass is 269 g/mol. The van der Waals surface area contributed by atoms with Gasteiger partial charge in [-0.15, -0.1) is 0 Å². The molecular weight excluding hydrogens is 253 g/mol. The van der Waals surface area contributed by atoms with Gasteiger partial charge in [0.15, 0.2) is 0 Å². The van der Waals surface area contributed by atoms with E-state index in [9.17, 15) is 14.3 Å². The van der Waals surface area contributed by atoms with Crippen molar-refractivity contribution in [2.75, 3.05) is 12.3 Å². The van der Waals surface area contributed by atoms with Gasteiger partial charge in [-0.3, -0.25) is 4.57 Å². The third-order valence-corrected chi connectivity index (χ3v) is 2.43. The van der Waals surface area contributed by atoms with Crippen molar-refractivity contribution in [3.05, 3.63) is 46.5 Å². The number of anilines is 1. The van der Waals surface area contributed by atoms with Crippen LogP contribution in [0.1, 0.15) is 19.4 Å². The molecule has 0 aliphatic carbocycles. The second-order valence-electron chi connectivity index (χ2n) is 3.79. The highest BCUT2D eigenvalue weighted by Crippen LogP contribution is 2.20. The minimum absolute atomic E-state index is 0.0232. The Bertz CT molecular complexity index is 551. The summed E-state index contributed by atoms with van der Waals surface area (Å²) in [6, 6.07) is 0.242. The van der Waals surface area contributed by atoms with E-state index in [0.29, 0.717) is 0 Å². The molecule has 0 amide bonds. The Kier molecular flexibility index (Phi) is 5.25. The van der Waals surface area contributed by atoms with Crippen LogP contribution >= 0.6 is 0 Å². The molecule has 104 valence electrons. The fraction of sp³-hybridized carbons (Fsp3) is 0.333. The highest BCUT2D eigenvalue weighted by molar-refractivity contribution is 5.25. The largest absolute Gasteiger partial charge is 0.512 e. The van der Waals surface area contributed by atoms with E-state index in [2.05, 4.69) is 4.98 Å². The van der Waals surface area contributed by atoms with Gasteiger partial charge in [0.1, 0.15) is 17.7 Å². The Labute approximate surface area is 109 Å². The van der Waals surface area contributed by atoms with Gasteiger partial charge < -0.3 is 15.9 Å². The molecule has 0 saturated heterocycles. The van der Waals surface area contributed by atoms with Crippen molar-refractivity contribution in [3.63, 3.8) is 0 Å². The molecule has 6 nitrogen and oxygen atoms in total. The van der Waals surface area contributed by atoms with Crippen molar-refractivity contribution in [1.29, 1.82) is 0 Å². The van der Waals surface area contributed by atoms with E-state index < -0.39 is 17.6 Å². The Morgan fingerprint density at radius 2 is 2.37 bits per heavy atom. The first-order valence-electron chi connectivity index (χ1n) is 5.66. The molecule has 0 aliphatic rings. The Morgan fingerprint density at radius 3 is 2.89 bits per heavy atom. The highest BCUT2D eigenvalue weighted by Gasteiger charge is 2.16. The zero-order chi connectivity index (χ0) is 14.4. The van der Waals surface area contributed by atoms with Crippen LogP contribution in [0.25, 0.3) is 0 Å². The molecular formula is C12H16FN3O3. The predicted octanol–water partition coefficient (Wildman–Crippen LogP) is 1.06. The second kappa shape index (κ2) is 6.69. The average molecular weight is 269 g/mol. The lowest BCUT2D eigenvalue weighted by molar-refractivity contribution is 0.266. The van der Waals surface area contributed by atoms with Crippen molar-refractivity contribution < 1.29 is 14.6 Å². The predicted molar refractivity (Wildman–Crippen MR) is 69.2 cm³/mol. The molecule has 19 heavy (non-hydrogen) atoms. The number of aliphatic hydroxyl groups is 2. The molecule has 0 saturated carbocycles. The molecule has 0 fully saturated rings. The van der Waals surface area contributed by atoms with E-state index >= 15 is 0 Å². The quantitative estimate of drug-likeness (QED) is 0.694. The Balaban J connectivity index is 3.25. The Hall–Kier alpha value is -2.15. The summed E-state index contributed by atoms with van der Waals surface area (Å²) < 4.78 is 14.8. The summed E-state index contributed by atoms with van der Waals surface area (Å²) in [5, 5.41) is 18.2. The number of halogens is 1. The molecule has 0 aliphatic heterocycles. The number of allylic oxidation sites excluding steroid dienone is 3. The standard InChI is InChI=1S/C12H16FN3O3/c1-2-9(13)10(7-8(18)4-6-17)16-5-3-11(14)15-12(16)19/h2-3,5,7,10,17-18H,4,6H2,1H3,(H2,14,15,19)/b8-7+,9-2+/t10-/m0/s1. The molecule has 1 atom stereocenters. The van der Waals surface area contributed by atoms with E-state index in [-0.39, 0.29) is 24.6 Å². The van der Waals surface area contributed by atoms with Gasteiger partial charge in [0.25, 0.3) is 0 Å². The average Bonchev–Trinajstić information content (AvgIpc) is 2.36. The first-order valence-corrected chi connectivity index (χ1v) is 5.66. The van der Waals surface area contributed by atoms with Crippen LogP contribution in [0.3, 0.4) is 0 Å². The lowest BCUT2D eigenvalue weighted by atomic mass is 10.2. The maximum Gasteiger partial charge on any atom is 0.350 e. The van der Waals surface area contributed by atoms with Gasteiger partial charge in [0.05, 0.1) is 12.4 Å². The third kappa shape index (κ3) is 3.92. The molecule has 0 aromatic carbocycles. The minimum Gasteiger partial charge on any atom is -0.512 e. The summed E-state index contributed by atoms with van der Waals surface area (Å²) in [6.07, 6.45) is 3.59. The molecule has 0 spiro atoms. The molecule has 4 N–H and O–H groups in total. The number of nitrogen functional groups attached to an aromatic ring is 1. The van der Waals surface area contributed by atoms with Gasteiger partial charge in [-0.25, -0.2) is 9.18 Å². The molecule has 0 unspecified atom stereocenters. The van der Waals surface area contributed by atoms with E-state index in [4.69, 9.17) is 10.8 Å². The number of rotatable bonds is 5. The molecule has 1 aromatic rings. The number of aliphatic hydroxyl groups excluding tert-OH is 2. The lowest BCUT2D eigenvalue weighted by Crippen LogP contribution is -2.27. The van der Waals surface area contributed by atoms with Crippen LogP contribution in [0.2, 0.25) is 0 Å². The first-order chi connectivity index (χ1) is 8.99. The van der Waals surface area contributed by atoms with Crippen LogP contribution < -0.4 is 11.4 Å². The number of hydrogen-bond donors (Lipinski definition) is 3. The zero-order valence-electron chi connectivity index (χ0n) is 10.5. The van der Waals surface area contributed by atoms with Gasteiger partial charge in [-0.05, 0) is 19.1 Å². The Morgan fingerprint density at radius 1 is 1.68 bits per heavy atom. The number of nitrogens with zero attached hydrogens (tertiary/aromatic N) is 2. The minimum atomic E-state index is -1.11. The van der Waals surface area contributed by atoms with Crippen molar-refractivity contribution in [2.45, 2.75) is 19.4 Å². The van der Waals surface area contributed by atoms with Gasteiger partial charge >= 0.3 is 5.69 Å². The molecule has 0 radical (unpaired) electrons. The SMILES string of the molecule is C/C=C(/F)[C@H](/C=C(/O)CCO)n1ccc(N)nc1=O. The molecule has 1 rings (SSSR count). The van der Waals surface area contributed by atoms with E-state index in [1.165, 1.54) is 25.3 Å². The van der Waals surface area contributed by atoms with Crippen molar-refractivity contribution >= 4 is 5.82 Å². The van der Waals surface area contributed by atoms with Crippen LogP contribution in [0.5, 0.6) is 0 Å². The van der Waals surface area contributed by atoms with Gasteiger partial charge in [-0.1, -0.05) is 6.08 Å². The summed E-state index contributed by atoms with van der Waals surface area (Å²) in [6.45, 7) is 1.19. The second-order valence-corrected chi connectivity index (χ2v) is 3.79. The summed E-state index contributed by atoms with van der Waals surface area (Å²) in [4.78, 5) is 15.2. The summed E-state index contributed by atoms with van der Waals surface area (Å²) in [5.41, 5.74) is 4.63. The maximum atomic E-state index is 13.8. The maximum absolute atomic E-state index is 13.8. The van der Waals surface area contributed by atoms with Crippen LogP contribution in [-0.4, -0.2) is 26.4 Å². The van der Waals surface area contributed by atoms with Crippen molar-refractivity contribution in [3.8, 4) is 0 Å². The molecule has 7 heteroatoms. The van der Waals surface area contributed by atoms with Crippen LogP contribution in [0.15, 0.2) is 40.8 Å². The fourth-order valence-corrected chi connectivity index (χ4v) is 1.48. The van der Waals surface area contributed by atoms with E-state index in [1.807, 2.05) is 0 Å². The summed E-state index contributed by atoms with van der Waals surface area (Å²) in [5.74, 6) is -0.809. The molecule has 1 aromatic heterocycles. The van der Waals surface area contributed by atoms with E-state index in [0.717, 1.165) is 10.6 Å². The number of aromatic nitrogens is 2. The summed E-state index contributed by atoms with van der Waals surface area (Å²) in [7, 11) is 0. The normalized spacial score (nSPS) is 14.5. The van der Waals surface area contributed by atoms with Crippen LogP contribution in [0, 0.1) is 0 Å². The van der Waals surface area contributed by atoms with E-state index in [1.54, 1.807) is 0 Å².